The van der Waals surface area contributed by atoms with Crippen LogP contribution < -0.4 is 10.1 Å². The first-order valence-corrected chi connectivity index (χ1v) is 9.38. The van der Waals surface area contributed by atoms with Crippen molar-refractivity contribution in [3.8, 4) is 5.75 Å². The molecule has 5 heteroatoms. The fourth-order valence-electron chi connectivity index (χ4n) is 2.83. The number of rotatable bonds is 7. The normalized spacial score (nSPS) is 11.8. The zero-order valence-corrected chi connectivity index (χ0v) is 15.8. The number of benzene rings is 2. The van der Waals surface area contributed by atoms with E-state index in [2.05, 4.69) is 17.2 Å². The molecule has 0 fully saturated rings. The number of amides is 1. The predicted octanol–water partition coefficient (Wildman–Crippen LogP) is 4.87. The molecule has 1 atom stereocenters. The van der Waals surface area contributed by atoms with Crippen molar-refractivity contribution in [1.29, 1.82) is 0 Å². The molecule has 3 rings (SSSR count). The zero-order valence-electron chi connectivity index (χ0n) is 14.9. The topological polar surface area (TPSA) is 51.2 Å². The fourth-order valence-corrected chi connectivity index (χ4v) is 3.68. The summed E-state index contributed by atoms with van der Waals surface area (Å²) in [6.45, 7) is 2.06. The number of aromatic nitrogens is 1. The minimum atomic E-state index is -0.0143. The van der Waals surface area contributed by atoms with Crippen molar-refractivity contribution < 1.29 is 9.53 Å². The molecule has 1 aromatic heterocycles. The van der Waals surface area contributed by atoms with E-state index in [1.807, 2.05) is 60.8 Å². The number of methoxy groups -OCH3 is 1. The lowest BCUT2D eigenvalue weighted by molar-refractivity contribution is -0.116. The second-order valence-electron chi connectivity index (χ2n) is 6.18. The van der Waals surface area contributed by atoms with Crippen LogP contribution in [0.25, 0.3) is 0 Å². The largest absolute Gasteiger partial charge is 0.496 e. The first-order valence-electron chi connectivity index (χ1n) is 8.57. The van der Waals surface area contributed by atoms with Gasteiger partial charge in [-0.05, 0) is 23.1 Å². The Labute approximate surface area is 157 Å². The van der Waals surface area contributed by atoms with Crippen molar-refractivity contribution in [2.24, 2.45) is 0 Å². The van der Waals surface area contributed by atoms with Gasteiger partial charge in [0.15, 0.2) is 5.13 Å². The molecule has 0 radical (unpaired) electrons. The molecule has 2 aromatic carbocycles. The summed E-state index contributed by atoms with van der Waals surface area (Å²) in [4.78, 5) is 17.7. The van der Waals surface area contributed by atoms with Crippen molar-refractivity contribution in [3.63, 3.8) is 0 Å². The highest BCUT2D eigenvalue weighted by molar-refractivity contribution is 7.15. The van der Waals surface area contributed by atoms with Crippen LogP contribution >= 0.6 is 11.3 Å². The van der Waals surface area contributed by atoms with Gasteiger partial charge in [0.25, 0.3) is 0 Å². The Bertz CT molecular complexity index is 861. The van der Waals surface area contributed by atoms with E-state index in [0.29, 0.717) is 11.6 Å². The van der Waals surface area contributed by atoms with Gasteiger partial charge in [-0.1, -0.05) is 55.5 Å². The maximum absolute atomic E-state index is 12.3. The van der Waals surface area contributed by atoms with E-state index in [1.165, 1.54) is 16.9 Å². The Kier molecular flexibility index (Phi) is 6.02. The second kappa shape index (κ2) is 8.63. The minimum absolute atomic E-state index is 0.0143. The standard InChI is InChI=1S/C21H22N2O2S/c1-15(16-8-4-3-5-9-16)12-20(24)23-21-22-14-18(26-21)13-17-10-6-7-11-19(17)25-2/h3-11,14-15H,12-13H2,1-2H3,(H,22,23,24). The summed E-state index contributed by atoms with van der Waals surface area (Å²) in [5.41, 5.74) is 2.27. The van der Waals surface area contributed by atoms with Gasteiger partial charge in [-0.15, -0.1) is 11.3 Å². The molecular formula is C21H22N2O2S. The van der Waals surface area contributed by atoms with Crippen molar-refractivity contribution in [3.05, 3.63) is 76.8 Å². The van der Waals surface area contributed by atoms with Gasteiger partial charge < -0.3 is 10.1 Å². The Morgan fingerprint density at radius 2 is 1.88 bits per heavy atom. The smallest absolute Gasteiger partial charge is 0.226 e. The van der Waals surface area contributed by atoms with Crippen LogP contribution in [-0.4, -0.2) is 18.0 Å². The number of nitrogens with zero attached hydrogens (tertiary/aromatic N) is 1. The van der Waals surface area contributed by atoms with Crippen LogP contribution in [0.2, 0.25) is 0 Å². The molecule has 0 aliphatic carbocycles. The molecule has 1 heterocycles. The maximum Gasteiger partial charge on any atom is 0.226 e. The minimum Gasteiger partial charge on any atom is -0.496 e. The highest BCUT2D eigenvalue weighted by Gasteiger charge is 2.13. The maximum atomic E-state index is 12.3. The molecule has 26 heavy (non-hydrogen) atoms. The van der Waals surface area contributed by atoms with Gasteiger partial charge in [0, 0.05) is 23.9 Å². The average Bonchev–Trinajstić information content (AvgIpc) is 3.09. The number of hydrogen-bond acceptors (Lipinski definition) is 4. The summed E-state index contributed by atoms with van der Waals surface area (Å²) >= 11 is 1.50. The molecule has 1 N–H and O–H groups in total. The lowest BCUT2D eigenvalue weighted by Gasteiger charge is -2.10. The number of nitrogens with one attached hydrogen (secondary N) is 1. The molecule has 3 aromatic rings. The first-order chi connectivity index (χ1) is 12.7. The van der Waals surface area contributed by atoms with Gasteiger partial charge in [0.1, 0.15) is 5.75 Å². The third-order valence-electron chi connectivity index (χ3n) is 4.22. The molecule has 0 saturated carbocycles. The zero-order chi connectivity index (χ0) is 18.4. The number of para-hydroxylation sites is 1. The third-order valence-corrected chi connectivity index (χ3v) is 5.13. The monoisotopic (exact) mass is 366 g/mol. The lowest BCUT2D eigenvalue weighted by Crippen LogP contribution is -2.14. The number of thiazole rings is 1. The average molecular weight is 366 g/mol. The number of carbonyl (C=O) groups is 1. The van der Waals surface area contributed by atoms with E-state index >= 15 is 0 Å². The summed E-state index contributed by atoms with van der Waals surface area (Å²) in [6, 6.07) is 18.0. The number of carbonyl (C=O) groups excluding carboxylic acids is 1. The van der Waals surface area contributed by atoms with Crippen LogP contribution in [0.3, 0.4) is 0 Å². The fraction of sp³-hybridized carbons (Fsp3) is 0.238. The highest BCUT2D eigenvalue weighted by atomic mass is 32.1. The number of anilines is 1. The summed E-state index contributed by atoms with van der Waals surface area (Å²) < 4.78 is 5.39. The highest BCUT2D eigenvalue weighted by Crippen LogP contribution is 2.26. The van der Waals surface area contributed by atoms with Gasteiger partial charge in [-0.2, -0.15) is 0 Å². The molecule has 0 bridgehead atoms. The van der Waals surface area contributed by atoms with Crippen LogP contribution in [-0.2, 0) is 11.2 Å². The van der Waals surface area contributed by atoms with Gasteiger partial charge >= 0.3 is 0 Å². The summed E-state index contributed by atoms with van der Waals surface area (Å²) in [6.07, 6.45) is 2.98. The molecule has 4 nitrogen and oxygen atoms in total. The molecule has 0 aliphatic rings. The lowest BCUT2D eigenvalue weighted by atomic mass is 9.98. The van der Waals surface area contributed by atoms with Gasteiger partial charge in [0.05, 0.1) is 7.11 Å². The van der Waals surface area contributed by atoms with Crippen LogP contribution in [0, 0.1) is 0 Å². The number of hydrogen-bond donors (Lipinski definition) is 1. The molecule has 1 amide bonds. The van der Waals surface area contributed by atoms with Crippen LogP contribution in [0.15, 0.2) is 60.8 Å². The number of ether oxygens (including phenoxy) is 1. The van der Waals surface area contributed by atoms with E-state index in [9.17, 15) is 4.79 Å². The van der Waals surface area contributed by atoms with Crippen molar-refractivity contribution in [2.45, 2.75) is 25.7 Å². The second-order valence-corrected chi connectivity index (χ2v) is 7.30. The van der Waals surface area contributed by atoms with Crippen molar-refractivity contribution in [2.75, 3.05) is 12.4 Å². The molecule has 134 valence electrons. The third kappa shape index (κ3) is 4.70. The van der Waals surface area contributed by atoms with Crippen molar-refractivity contribution >= 4 is 22.4 Å². The molecule has 0 aliphatic heterocycles. The van der Waals surface area contributed by atoms with Gasteiger partial charge in [0.2, 0.25) is 5.91 Å². The molecule has 0 spiro atoms. The van der Waals surface area contributed by atoms with E-state index in [4.69, 9.17) is 4.74 Å². The Balaban J connectivity index is 1.59. The summed E-state index contributed by atoms with van der Waals surface area (Å²) in [7, 11) is 1.67. The van der Waals surface area contributed by atoms with Crippen LogP contribution in [0.5, 0.6) is 5.75 Å². The Hall–Kier alpha value is -2.66. The molecule has 1 unspecified atom stereocenters. The molecule has 0 saturated heterocycles. The van der Waals surface area contributed by atoms with Crippen molar-refractivity contribution in [1.82, 2.24) is 4.98 Å². The van der Waals surface area contributed by atoms with Gasteiger partial charge in [-0.3, -0.25) is 4.79 Å². The Morgan fingerprint density at radius 3 is 2.65 bits per heavy atom. The first kappa shape index (κ1) is 18.1. The SMILES string of the molecule is COc1ccccc1Cc1cnc(NC(=O)CC(C)c2ccccc2)s1. The summed E-state index contributed by atoms with van der Waals surface area (Å²) in [5, 5.41) is 3.55. The van der Waals surface area contributed by atoms with E-state index in [1.54, 1.807) is 7.11 Å². The predicted molar refractivity (Wildman–Crippen MR) is 106 cm³/mol. The molecular weight excluding hydrogens is 344 g/mol. The van der Waals surface area contributed by atoms with Gasteiger partial charge in [-0.25, -0.2) is 4.98 Å². The van der Waals surface area contributed by atoms with Crippen LogP contribution in [0.4, 0.5) is 5.13 Å². The quantitative estimate of drug-likeness (QED) is 0.649. The summed E-state index contributed by atoms with van der Waals surface area (Å²) in [5.74, 6) is 1.02. The van der Waals surface area contributed by atoms with E-state index < -0.39 is 0 Å². The van der Waals surface area contributed by atoms with E-state index in [-0.39, 0.29) is 11.8 Å². The van der Waals surface area contributed by atoms with E-state index in [0.717, 1.165) is 22.6 Å². The van der Waals surface area contributed by atoms with Crippen LogP contribution in [0.1, 0.15) is 35.3 Å². The Morgan fingerprint density at radius 1 is 1.15 bits per heavy atom.